The molecule has 0 aromatic rings. The minimum atomic E-state index is -0.790. The van der Waals surface area contributed by atoms with E-state index in [1.807, 2.05) is 0 Å². The van der Waals surface area contributed by atoms with Crippen molar-refractivity contribution in [2.24, 2.45) is 0 Å². The Labute approximate surface area is 108 Å². The molecule has 0 bridgehead atoms. The first-order valence-electron chi connectivity index (χ1n) is 6.09. The Morgan fingerprint density at radius 2 is 1.67 bits per heavy atom. The van der Waals surface area contributed by atoms with Gasteiger partial charge in [-0.2, -0.15) is 0 Å². The van der Waals surface area contributed by atoms with Crippen LogP contribution in [0, 0.1) is 0 Å². The lowest BCUT2D eigenvalue weighted by Gasteiger charge is -2.16. The molecule has 0 aromatic carbocycles. The van der Waals surface area contributed by atoms with Crippen molar-refractivity contribution in [2.75, 3.05) is 20.8 Å². The van der Waals surface area contributed by atoms with Gasteiger partial charge in [-0.1, -0.05) is 26.2 Å². The first kappa shape index (κ1) is 16.5. The molecule has 0 fully saturated rings. The fourth-order valence-corrected chi connectivity index (χ4v) is 1.38. The van der Waals surface area contributed by atoms with Gasteiger partial charge in [-0.05, 0) is 12.8 Å². The lowest BCUT2D eigenvalue weighted by Crippen LogP contribution is -2.25. The molecule has 0 N–H and O–H groups in total. The molecule has 1 unspecified atom stereocenters. The van der Waals surface area contributed by atoms with Gasteiger partial charge in [-0.3, -0.25) is 0 Å². The minimum absolute atomic E-state index is 0.0199. The van der Waals surface area contributed by atoms with Crippen molar-refractivity contribution < 1.29 is 28.5 Å². The van der Waals surface area contributed by atoms with Gasteiger partial charge >= 0.3 is 12.3 Å². The van der Waals surface area contributed by atoms with E-state index in [1.54, 1.807) is 0 Å². The van der Waals surface area contributed by atoms with E-state index in [0.29, 0.717) is 6.42 Å². The maximum atomic E-state index is 11.0. The number of hydrogen-bond acceptors (Lipinski definition) is 6. The van der Waals surface area contributed by atoms with Crippen LogP contribution in [0.5, 0.6) is 0 Å². The second-order valence-electron chi connectivity index (χ2n) is 3.81. The molecule has 0 aliphatic heterocycles. The third-order valence-electron chi connectivity index (χ3n) is 2.36. The van der Waals surface area contributed by atoms with Crippen molar-refractivity contribution in [3.8, 4) is 0 Å². The van der Waals surface area contributed by atoms with E-state index < -0.39 is 18.4 Å². The number of carbonyl (C=O) groups is 2. The molecule has 106 valence electrons. The van der Waals surface area contributed by atoms with Gasteiger partial charge in [0, 0.05) is 0 Å². The predicted octanol–water partition coefficient (Wildman–Crippen LogP) is 2.89. The maximum absolute atomic E-state index is 11.0. The zero-order chi connectivity index (χ0) is 13.8. The smallest absolute Gasteiger partial charge is 0.438 e. The summed E-state index contributed by atoms with van der Waals surface area (Å²) in [5.74, 6) is 0. The van der Waals surface area contributed by atoms with Gasteiger partial charge in [0.1, 0.15) is 12.7 Å². The third kappa shape index (κ3) is 8.66. The number of rotatable bonds is 8. The Morgan fingerprint density at radius 1 is 1.00 bits per heavy atom. The van der Waals surface area contributed by atoms with Crippen LogP contribution in [0.15, 0.2) is 0 Å². The van der Waals surface area contributed by atoms with E-state index in [1.165, 1.54) is 14.2 Å². The second-order valence-corrected chi connectivity index (χ2v) is 3.81. The molecule has 6 nitrogen and oxygen atoms in total. The van der Waals surface area contributed by atoms with E-state index in [2.05, 4.69) is 16.4 Å². The highest BCUT2D eigenvalue weighted by Crippen LogP contribution is 2.10. The standard InChI is InChI=1S/C12H22O6/c1-4-5-6-7-8-10(18-12(14)16-3)9-17-11(13)15-2/h10H,4-9H2,1-3H3. The second kappa shape index (κ2) is 10.7. The van der Waals surface area contributed by atoms with Crippen LogP contribution >= 0.6 is 0 Å². The van der Waals surface area contributed by atoms with Gasteiger partial charge in [0.25, 0.3) is 0 Å². The van der Waals surface area contributed by atoms with Crippen LogP contribution in [0.4, 0.5) is 9.59 Å². The van der Waals surface area contributed by atoms with E-state index in [4.69, 9.17) is 9.47 Å². The molecule has 0 aliphatic carbocycles. The monoisotopic (exact) mass is 262 g/mol. The Morgan fingerprint density at radius 3 is 2.22 bits per heavy atom. The van der Waals surface area contributed by atoms with Crippen LogP contribution in [0.2, 0.25) is 0 Å². The first-order valence-corrected chi connectivity index (χ1v) is 6.09. The van der Waals surface area contributed by atoms with E-state index >= 15 is 0 Å². The van der Waals surface area contributed by atoms with Crippen LogP contribution in [-0.4, -0.2) is 39.2 Å². The largest absolute Gasteiger partial charge is 0.508 e. The van der Waals surface area contributed by atoms with Gasteiger partial charge in [0.15, 0.2) is 0 Å². The summed E-state index contributed by atoms with van der Waals surface area (Å²) in [6.45, 7) is 2.09. The topological polar surface area (TPSA) is 71.1 Å². The van der Waals surface area contributed by atoms with Gasteiger partial charge in [0.2, 0.25) is 0 Å². The summed E-state index contributed by atoms with van der Waals surface area (Å²) < 4.78 is 18.5. The van der Waals surface area contributed by atoms with Crippen LogP contribution in [0.25, 0.3) is 0 Å². The summed E-state index contributed by atoms with van der Waals surface area (Å²) >= 11 is 0. The van der Waals surface area contributed by atoms with Crippen molar-refractivity contribution in [2.45, 2.75) is 45.1 Å². The summed E-state index contributed by atoms with van der Waals surface area (Å²) in [6.07, 6.45) is 2.78. The summed E-state index contributed by atoms with van der Waals surface area (Å²) in [7, 11) is 2.46. The predicted molar refractivity (Wildman–Crippen MR) is 64.4 cm³/mol. The molecular weight excluding hydrogens is 240 g/mol. The molecule has 18 heavy (non-hydrogen) atoms. The maximum Gasteiger partial charge on any atom is 0.508 e. The molecule has 1 atom stereocenters. The number of unbranched alkanes of at least 4 members (excludes halogenated alkanes) is 3. The summed E-state index contributed by atoms with van der Waals surface area (Å²) in [5.41, 5.74) is 0. The van der Waals surface area contributed by atoms with Gasteiger partial charge in [-0.15, -0.1) is 0 Å². The van der Waals surface area contributed by atoms with Gasteiger partial charge < -0.3 is 18.9 Å². The molecule has 0 heterocycles. The zero-order valence-electron chi connectivity index (χ0n) is 11.3. The number of carbonyl (C=O) groups excluding carboxylic acids is 2. The van der Waals surface area contributed by atoms with Crippen LogP contribution in [-0.2, 0) is 18.9 Å². The lowest BCUT2D eigenvalue weighted by molar-refractivity contribution is -0.00984. The fourth-order valence-electron chi connectivity index (χ4n) is 1.38. The highest BCUT2D eigenvalue weighted by atomic mass is 16.7. The molecular formula is C12H22O6. The number of methoxy groups -OCH3 is 2. The Hall–Kier alpha value is -1.46. The zero-order valence-corrected chi connectivity index (χ0v) is 11.3. The summed E-state index contributed by atoms with van der Waals surface area (Å²) in [6, 6.07) is 0. The molecule has 0 saturated carbocycles. The molecule has 0 radical (unpaired) electrons. The number of ether oxygens (including phenoxy) is 4. The molecule has 6 heteroatoms. The highest BCUT2D eigenvalue weighted by Gasteiger charge is 2.17. The molecule has 0 rings (SSSR count). The quantitative estimate of drug-likeness (QED) is 0.494. The van der Waals surface area contributed by atoms with Crippen LogP contribution in [0.1, 0.15) is 39.0 Å². The summed E-state index contributed by atoms with van der Waals surface area (Å²) in [5, 5.41) is 0. The first-order chi connectivity index (χ1) is 8.63. The van der Waals surface area contributed by atoms with Crippen molar-refractivity contribution in [1.82, 2.24) is 0 Å². The number of hydrogen-bond donors (Lipinski definition) is 0. The van der Waals surface area contributed by atoms with E-state index in [0.717, 1.165) is 25.7 Å². The lowest BCUT2D eigenvalue weighted by atomic mass is 10.1. The fraction of sp³-hybridized carbons (Fsp3) is 0.833. The molecule has 0 saturated heterocycles. The minimum Gasteiger partial charge on any atom is -0.438 e. The Bertz CT molecular complexity index is 241. The SMILES string of the molecule is CCCCCCC(COC(=O)OC)OC(=O)OC. The molecule has 0 aliphatic rings. The normalized spacial score (nSPS) is 11.5. The average molecular weight is 262 g/mol. The molecule has 0 amide bonds. The average Bonchev–Trinajstić information content (AvgIpc) is 2.39. The molecule has 0 aromatic heterocycles. The van der Waals surface area contributed by atoms with E-state index in [-0.39, 0.29) is 6.61 Å². The Kier molecular flexibility index (Phi) is 9.81. The van der Waals surface area contributed by atoms with Gasteiger partial charge in [0.05, 0.1) is 14.2 Å². The Balaban J connectivity index is 3.99. The van der Waals surface area contributed by atoms with Gasteiger partial charge in [-0.25, -0.2) is 9.59 Å². The van der Waals surface area contributed by atoms with Crippen molar-refractivity contribution in [1.29, 1.82) is 0 Å². The van der Waals surface area contributed by atoms with Crippen LogP contribution in [0.3, 0.4) is 0 Å². The van der Waals surface area contributed by atoms with E-state index in [9.17, 15) is 9.59 Å². The molecule has 0 spiro atoms. The van der Waals surface area contributed by atoms with Crippen molar-refractivity contribution >= 4 is 12.3 Å². The third-order valence-corrected chi connectivity index (χ3v) is 2.36. The van der Waals surface area contributed by atoms with Crippen LogP contribution < -0.4 is 0 Å². The summed E-state index contributed by atoms with van der Waals surface area (Å²) in [4.78, 5) is 21.8. The van der Waals surface area contributed by atoms with Crippen molar-refractivity contribution in [3.05, 3.63) is 0 Å². The highest BCUT2D eigenvalue weighted by molar-refractivity contribution is 5.60. The van der Waals surface area contributed by atoms with Crippen molar-refractivity contribution in [3.63, 3.8) is 0 Å².